The molecule has 0 saturated heterocycles. The van der Waals surface area contributed by atoms with E-state index in [9.17, 15) is 14.8 Å². The fourth-order valence-electron chi connectivity index (χ4n) is 3.12. The van der Waals surface area contributed by atoms with Crippen LogP contribution in [0.5, 0.6) is 0 Å². The van der Waals surface area contributed by atoms with E-state index in [0.29, 0.717) is 16.9 Å². The van der Waals surface area contributed by atoms with Crippen LogP contribution in [-0.4, -0.2) is 16.9 Å². The van der Waals surface area contributed by atoms with Crippen molar-refractivity contribution in [1.82, 2.24) is 5.48 Å². The Kier molecular flexibility index (Phi) is 7.32. The molecule has 0 aromatic heterocycles. The van der Waals surface area contributed by atoms with Crippen LogP contribution < -0.4 is 16.5 Å². The number of Topliss-reactive ketones (excluding diaryl/α,β-unsaturated/α-hetero) is 1. The first kappa shape index (κ1) is 22.0. The smallest absolute Gasteiger partial charge is 0.248 e. The summed E-state index contributed by atoms with van der Waals surface area (Å²) >= 11 is 0. The minimum absolute atomic E-state index is 0.0766. The van der Waals surface area contributed by atoms with Crippen molar-refractivity contribution in [2.24, 2.45) is 0 Å². The zero-order valence-corrected chi connectivity index (χ0v) is 17.2. The molecule has 0 aliphatic rings. The number of para-hydroxylation sites is 2. The molecule has 158 valence electrons. The number of carbonyl (C=O) groups excluding carboxylic acids is 2. The molecule has 1 unspecified atom stereocenters. The Morgan fingerprint density at radius 3 is 2.48 bits per heavy atom. The lowest BCUT2D eigenvalue weighted by Crippen LogP contribution is -2.20. The maximum Gasteiger partial charge on any atom is 0.248 e. The third-order valence-corrected chi connectivity index (χ3v) is 4.88. The molecule has 6 nitrogen and oxygen atoms in total. The first-order valence-electron chi connectivity index (χ1n) is 9.89. The Bertz CT molecular complexity index is 1090. The van der Waals surface area contributed by atoms with Crippen LogP contribution in [0.25, 0.3) is 6.08 Å². The summed E-state index contributed by atoms with van der Waals surface area (Å²) in [7, 11) is 0. The monoisotopic (exact) mass is 415 g/mol. The van der Waals surface area contributed by atoms with Gasteiger partial charge in [0.2, 0.25) is 5.91 Å². The molecular formula is C25H25N3O3. The van der Waals surface area contributed by atoms with E-state index in [2.05, 4.69) is 10.8 Å². The van der Waals surface area contributed by atoms with Crippen molar-refractivity contribution in [3.63, 3.8) is 0 Å². The average molecular weight is 415 g/mol. The number of amides is 1. The van der Waals surface area contributed by atoms with Gasteiger partial charge in [-0.2, -0.15) is 5.48 Å². The van der Waals surface area contributed by atoms with Gasteiger partial charge in [-0.3, -0.25) is 9.59 Å². The lowest BCUT2D eigenvalue weighted by Gasteiger charge is -2.15. The summed E-state index contributed by atoms with van der Waals surface area (Å²) in [5.41, 5.74) is 12.3. The third-order valence-electron chi connectivity index (χ3n) is 4.88. The number of nitrogens with one attached hydrogen (secondary N) is 2. The zero-order valence-electron chi connectivity index (χ0n) is 17.2. The number of carbonyl (C=O) groups is 2. The van der Waals surface area contributed by atoms with E-state index < -0.39 is 6.04 Å². The molecule has 3 rings (SSSR count). The Morgan fingerprint density at radius 2 is 1.77 bits per heavy atom. The lowest BCUT2D eigenvalue weighted by atomic mass is 9.96. The lowest BCUT2D eigenvalue weighted by molar-refractivity contribution is -0.111. The highest BCUT2D eigenvalue weighted by Gasteiger charge is 2.17. The molecule has 0 aliphatic heterocycles. The summed E-state index contributed by atoms with van der Waals surface area (Å²) in [6, 6.07) is 21.1. The molecular weight excluding hydrogens is 390 g/mol. The van der Waals surface area contributed by atoms with E-state index >= 15 is 0 Å². The third kappa shape index (κ3) is 6.12. The normalized spacial score (nSPS) is 11.9. The molecule has 31 heavy (non-hydrogen) atoms. The van der Waals surface area contributed by atoms with Gasteiger partial charge in [0.05, 0.1) is 17.4 Å². The number of nitrogens with two attached hydrogens (primary N) is 1. The number of benzene rings is 3. The molecule has 6 heteroatoms. The second kappa shape index (κ2) is 10.3. The molecule has 0 saturated carbocycles. The number of rotatable bonds is 8. The van der Waals surface area contributed by atoms with Crippen molar-refractivity contribution in [3.8, 4) is 0 Å². The second-order valence-electron chi connectivity index (χ2n) is 7.25. The van der Waals surface area contributed by atoms with Crippen LogP contribution in [-0.2, 0) is 4.79 Å². The molecule has 0 radical (unpaired) electrons. The van der Waals surface area contributed by atoms with E-state index in [4.69, 9.17) is 5.73 Å². The predicted molar refractivity (Wildman–Crippen MR) is 123 cm³/mol. The van der Waals surface area contributed by atoms with Crippen molar-refractivity contribution in [2.45, 2.75) is 19.4 Å². The van der Waals surface area contributed by atoms with Gasteiger partial charge in [-0.1, -0.05) is 66.2 Å². The fourth-order valence-corrected chi connectivity index (χ4v) is 3.12. The van der Waals surface area contributed by atoms with Gasteiger partial charge in [-0.05, 0) is 36.3 Å². The molecule has 0 spiro atoms. The maximum atomic E-state index is 12.6. The number of hydrogen-bond donors (Lipinski definition) is 4. The van der Waals surface area contributed by atoms with Crippen molar-refractivity contribution >= 4 is 29.1 Å². The molecule has 3 aromatic rings. The topological polar surface area (TPSA) is 104 Å². The highest BCUT2D eigenvalue weighted by atomic mass is 16.5. The number of anilines is 2. The van der Waals surface area contributed by atoms with Crippen LogP contribution in [0.4, 0.5) is 11.4 Å². The van der Waals surface area contributed by atoms with E-state index in [1.165, 1.54) is 6.08 Å². The van der Waals surface area contributed by atoms with Crippen molar-refractivity contribution in [1.29, 1.82) is 0 Å². The van der Waals surface area contributed by atoms with Gasteiger partial charge in [0.25, 0.3) is 0 Å². The van der Waals surface area contributed by atoms with Gasteiger partial charge in [-0.25, -0.2) is 0 Å². The number of hydroxylamine groups is 1. The number of nitrogen functional groups attached to an aromatic ring is 1. The van der Waals surface area contributed by atoms with Gasteiger partial charge in [0, 0.05) is 18.1 Å². The molecule has 0 heterocycles. The number of hydrogen-bond acceptors (Lipinski definition) is 5. The summed E-state index contributed by atoms with van der Waals surface area (Å²) in [6.45, 7) is 1.96. The second-order valence-corrected chi connectivity index (χ2v) is 7.25. The van der Waals surface area contributed by atoms with Crippen LogP contribution in [0.3, 0.4) is 0 Å². The predicted octanol–water partition coefficient (Wildman–Crippen LogP) is 4.52. The van der Waals surface area contributed by atoms with E-state index in [1.807, 2.05) is 43.3 Å². The largest absolute Gasteiger partial charge is 0.397 e. The quantitative estimate of drug-likeness (QED) is 0.187. The summed E-state index contributed by atoms with van der Waals surface area (Å²) < 4.78 is 0. The van der Waals surface area contributed by atoms with Crippen LogP contribution >= 0.6 is 0 Å². The van der Waals surface area contributed by atoms with Crippen LogP contribution in [0.1, 0.15) is 39.5 Å². The summed E-state index contributed by atoms with van der Waals surface area (Å²) in [4.78, 5) is 24.8. The molecule has 5 N–H and O–H groups in total. The first-order valence-corrected chi connectivity index (χ1v) is 9.89. The van der Waals surface area contributed by atoms with Crippen molar-refractivity contribution in [2.75, 3.05) is 11.1 Å². The first-order chi connectivity index (χ1) is 15.0. The van der Waals surface area contributed by atoms with Gasteiger partial charge < -0.3 is 16.3 Å². The minimum atomic E-state index is -0.569. The highest BCUT2D eigenvalue weighted by Crippen LogP contribution is 2.21. The fraction of sp³-hybridized carbons (Fsp3) is 0.120. The van der Waals surface area contributed by atoms with Crippen LogP contribution in [0.2, 0.25) is 0 Å². The van der Waals surface area contributed by atoms with Crippen molar-refractivity contribution in [3.05, 3.63) is 101 Å². The Labute approximate surface area is 181 Å². The SMILES string of the molecule is Cc1ccc(C(=O)CC(NO)c2cccc(/C=C/C(=O)Nc3ccccc3N)c2)cc1. The zero-order chi connectivity index (χ0) is 22.2. The van der Waals surface area contributed by atoms with E-state index in [-0.39, 0.29) is 18.1 Å². The Morgan fingerprint density at radius 1 is 1.03 bits per heavy atom. The van der Waals surface area contributed by atoms with Gasteiger partial charge in [-0.15, -0.1) is 0 Å². The standard InChI is InChI=1S/C25H25N3O3/c1-17-9-12-19(13-10-17)24(29)16-23(28-31)20-6-4-5-18(15-20)11-14-25(30)27-22-8-3-2-7-21(22)26/h2-15,23,28,31H,16,26H2,1H3,(H,27,30)/b14-11+. The van der Waals surface area contributed by atoms with E-state index in [0.717, 1.165) is 16.7 Å². The average Bonchev–Trinajstić information content (AvgIpc) is 2.78. The number of aryl methyl sites for hydroxylation is 1. The molecule has 3 aromatic carbocycles. The van der Waals surface area contributed by atoms with Gasteiger partial charge in [0.1, 0.15) is 0 Å². The molecule has 0 fully saturated rings. The van der Waals surface area contributed by atoms with E-state index in [1.54, 1.807) is 42.5 Å². The van der Waals surface area contributed by atoms with Gasteiger partial charge >= 0.3 is 0 Å². The maximum absolute atomic E-state index is 12.6. The summed E-state index contributed by atoms with van der Waals surface area (Å²) in [5, 5.41) is 12.4. The molecule has 0 bridgehead atoms. The van der Waals surface area contributed by atoms with Gasteiger partial charge in [0.15, 0.2) is 5.78 Å². The molecule has 1 amide bonds. The van der Waals surface area contributed by atoms with Crippen molar-refractivity contribution < 1.29 is 14.8 Å². The Hall–Kier alpha value is -3.74. The van der Waals surface area contributed by atoms with Crippen LogP contribution in [0, 0.1) is 6.92 Å². The van der Waals surface area contributed by atoms with Crippen LogP contribution in [0.15, 0.2) is 78.9 Å². The Balaban J connectivity index is 1.68. The summed E-state index contributed by atoms with van der Waals surface area (Å²) in [5.74, 6) is -0.387. The molecule has 1 atom stereocenters. The number of ketones is 1. The minimum Gasteiger partial charge on any atom is -0.397 e. The molecule has 0 aliphatic carbocycles. The summed E-state index contributed by atoms with van der Waals surface area (Å²) in [6.07, 6.45) is 3.17. The highest BCUT2D eigenvalue weighted by molar-refractivity contribution is 6.03.